The van der Waals surface area contributed by atoms with Crippen molar-refractivity contribution in [2.45, 2.75) is 13.8 Å². The molecule has 4 rings (SSSR count). The zero-order valence-electron chi connectivity index (χ0n) is 19.9. The summed E-state index contributed by atoms with van der Waals surface area (Å²) in [7, 11) is 1.52. The van der Waals surface area contributed by atoms with E-state index in [1.54, 1.807) is 18.2 Å². The van der Waals surface area contributed by atoms with Crippen molar-refractivity contribution in [3.63, 3.8) is 0 Å². The lowest BCUT2D eigenvalue weighted by Gasteiger charge is -2.14. The molecule has 1 aliphatic heterocycles. The molecule has 1 aliphatic rings. The van der Waals surface area contributed by atoms with Gasteiger partial charge in [0, 0.05) is 5.69 Å². The van der Waals surface area contributed by atoms with Crippen molar-refractivity contribution in [1.82, 2.24) is 5.32 Å². The number of nitrogens with zero attached hydrogens (tertiary/aromatic N) is 1. The molecule has 2 N–H and O–H groups in total. The quantitative estimate of drug-likeness (QED) is 0.344. The molecule has 0 atom stereocenters. The normalized spacial score (nSPS) is 15.2. The first-order valence-corrected chi connectivity index (χ1v) is 12.6. The van der Waals surface area contributed by atoms with Gasteiger partial charge in [-0.3, -0.25) is 9.59 Å². The van der Waals surface area contributed by atoms with Gasteiger partial charge in [0.25, 0.3) is 11.8 Å². The number of carbonyl (C=O) groups excluding carboxylic acids is 2. The summed E-state index contributed by atoms with van der Waals surface area (Å²) in [6.45, 7) is 3.79. The second-order valence-corrected chi connectivity index (χ2v) is 9.94. The van der Waals surface area contributed by atoms with Gasteiger partial charge in [0.15, 0.2) is 23.3 Å². The number of amides is 2. The van der Waals surface area contributed by atoms with Gasteiger partial charge >= 0.3 is 0 Å². The van der Waals surface area contributed by atoms with Gasteiger partial charge in [-0.25, -0.2) is 4.99 Å². The van der Waals surface area contributed by atoms with Crippen LogP contribution in [0.25, 0.3) is 6.08 Å². The highest BCUT2D eigenvalue weighted by Crippen LogP contribution is 2.38. The molecule has 0 spiro atoms. The van der Waals surface area contributed by atoms with Crippen LogP contribution in [0.1, 0.15) is 16.7 Å². The summed E-state index contributed by atoms with van der Waals surface area (Å²) in [6.07, 6.45) is 1.75. The maximum Gasteiger partial charge on any atom is 0.264 e. The van der Waals surface area contributed by atoms with Crippen LogP contribution in [0, 0.1) is 13.8 Å². The van der Waals surface area contributed by atoms with Crippen molar-refractivity contribution in [3.05, 3.63) is 86.7 Å². The molecule has 9 heteroatoms. The van der Waals surface area contributed by atoms with E-state index in [4.69, 9.17) is 9.47 Å². The second-order valence-electron chi connectivity index (χ2n) is 8.05. The average Bonchev–Trinajstić information content (AvgIpc) is 3.19. The second kappa shape index (κ2) is 11.5. The molecule has 1 saturated heterocycles. The fourth-order valence-electron chi connectivity index (χ4n) is 3.30. The number of rotatable bonds is 7. The Morgan fingerprint density at radius 3 is 2.42 bits per heavy atom. The Labute approximate surface area is 222 Å². The van der Waals surface area contributed by atoms with Gasteiger partial charge in [-0.1, -0.05) is 35.4 Å². The Kier molecular flexibility index (Phi) is 8.12. The van der Waals surface area contributed by atoms with E-state index in [2.05, 4.69) is 31.6 Å². The van der Waals surface area contributed by atoms with Crippen LogP contribution in [0.4, 0.5) is 11.4 Å². The van der Waals surface area contributed by atoms with Crippen LogP contribution in [0.15, 0.2) is 75.0 Å². The number of methoxy groups -OCH3 is 1. The van der Waals surface area contributed by atoms with Crippen LogP contribution >= 0.6 is 27.7 Å². The minimum absolute atomic E-state index is 0.194. The van der Waals surface area contributed by atoms with Gasteiger partial charge in [-0.15, -0.1) is 0 Å². The minimum Gasteiger partial charge on any atom is -0.493 e. The van der Waals surface area contributed by atoms with Crippen molar-refractivity contribution < 1.29 is 19.1 Å². The fraction of sp³-hybridized carbons (Fsp3) is 0.148. The molecule has 0 aromatic heterocycles. The Hall–Kier alpha value is -3.56. The first-order chi connectivity index (χ1) is 17.3. The van der Waals surface area contributed by atoms with E-state index in [0.29, 0.717) is 31.7 Å². The lowest BCUT2D eigenvalue weighted by atomic mass is 10.2. The highest BCUT2D eigenvalue weighted by atomic mass is 79.9. The molecule has 0 saturated carbocycles. The standard InChI is InChI=1S/C27H24BrN3O4S/c1-16-4-8-19(9-5-16)29-24(32)15-35-25-21(28)12-18(13-22(25)34-3)14-23-26(33)31-27(36-23)30-20-10-6-17(2)7-11-20/h4-14H,15H2,1-3H3,(H,29,32)(H,30,31,33)/b23-14+. The van der Waals surface area contributed by atoms with Crippen molar-refractivity contribution in [2.24, 2.45) is 4.99 Å². The number of aryl methyl sites for hydroxylation is 2. The summed E-state index contributed by atoms with van der Waals surface area (Å²) in [5.41, 5.74) is 4.43. The van der Waals surface area contributed by atoms with Crippen molar-refractivity contribution in [3.8, 4) is 11.5 Å². The molecule has 0 radical (unpaired) electrons. The third-order valence-corrected chi connectivity index (χ3v) is 6.65. The highest BCUT2D eigenvalue weighted by Gasteiger charge is 2.24. The van der Waals surface area contributed by atoms with E-state index in [9.17, 15) is 9.59 Å². The van der Waals surface area contributed by atoms with Crippen molar-refractivity contribution >= 4 is 62.1 Å². The molecular formula is C27H24BrN3O4S. The number of hydrogen-bond acceptors (Lipinski definition) is 6. The largest absolute Gasteiger partial charge is 0.493 e. The first kappa shape index (κ1) is 25.5. The number of amidine groups is 1. The molecule has 184 valence electrons. The molecule has 36 heavy (non-hydrogen) atoms. The van der Waals surface area contributed by atoms with Crippen LogP contribution < -0.4 is 20.1 Å². The lowest BCUT2D eigenvalue weighted by Crippen LogP contribution is -2.20. The van der Waals surface area contributed by atoms with Crippen LogP contribution in [0.3, 0.4) is 0 Å². The van der Waals surface area contributed by atoms with E-state index in [-0.39, 0.29) is 18.4 Å². The van der Waals surface area contributed by atoms with E-state index in [0.717, 1.165) is 22.4 Å². The van der Waals surface area contributed by atoms with E-state index >= 15 is 0 Å². The summed E-state index contributed by atoms with van der Waals surface area (Å²) >= 11 is 4.76. The molecule has 7 nitrogen and oxygen atoms in total. The molecule has 3 aromatic carbocycles. The predicted molar refractivity (Wildman–Crippen MR) is 148 cm³/mol. The fourth-order valence-corrected chi connectivity index (χ4v) is 4.72. The Bertz CT molecular complexity index is 1350. The predicted octanol–water partition coefficient (Wildman–Crippen LogP) is 5.98. The monoisotopic (exact) mass is 565 g/mol. The van der Waals surface area contributed by atoms with Crippen molar-refractivity contribution in [1.29, 1.82) is 0 Å². The third-order valence-electron chi connectivity index (χ3n) is 5.15. The number of halogens is 1. The number of hydrogen-bond donors (Lipinski definition) is 2. The van der Waals surface area contributed by atoms with Gasteiger partial charge in [-0.05, 0) is 89.6 Å². The maximum atomic E-state index is 12.5. The third kappa shape index (κ3) is 6.56. The van der Waals surface area contributed by atoms with Gasteiger partial charge < -0.3 is 20.1 Å². The molecule has 1 heterocycles. The van der Waals surface area contributed by atoms with Gasteiger partial charge in [0.1, 0.15) is 0 Å². The van der Waals surface area contributed by atoms with Crippen LogP contribution in [-0.4, -0.2) is 30.7 Å². The van der Waals surface area contributed by atoms with E-state index < -0.39 is 0 Å². The first-order valence-electron chi connectivity index (χ1n) is 11.0. The van der Waals surface area contributed by atoms with Crippen LogP contribution in [0.2, 0.25) is 0 Å². The molecule has 2 amide bonds. The SMILES string of the molecule is COc1cc(/C=C2/SC(=Nc3ccc(C)cc3)NC2=O)cc(Br)c1OCC(=O)Nc1ccc(C)cc1. The summed E-state index contributed by atoms with van der Waals surface area (Å²) in [5.74, 6) is 0.299. The Morgan fingerprint density at radius 2 is 1.75 bits per heavy atom. The maximum absolute atomic E-state index is 12.5. The molecule has 3 aromatic rings. The summed E-state index contributed by atoms with van der Waals surface area (Å²) < 4.78 is 11.8. The number of anilines is 1. The van der Waals surface area contributed by atoms with Crippen molar-refractivity contribution in [2.75, 3.05) is 19.0 Å². The number of thioether (sulfide) groups is 1. The van der Waals surface area contributed by atoms with Gasteiger partial charge in [0.2, 0.25) is 0 Å². The number of nitrogens with one attached hydrogen (secondary N) is 2. The zero-order valence-corrected chi connectivity index (χ0v) is 22.3. The summed E-state index contributed by atoms with van der Waals surface area (Å²) in [4.78, 5) is 29.8. The topological polar surface area (TPSA) is 89.0 Å². The zero-order chi connectivity index (χ0) is 25.7. The smallest absolute Gasteiger partial charge is 0.264 e. The highest BCUT2D eigenvalue weighted by molar-refractivity contribution is 9.10. The van der Waals surface area contributed by atoms with Gasteiger partial charge in [0.05, 0.1) is 22.2 Å². The van der Waals surface area contributed by atoms with E-state index in [1.807, 2.05) is 62.4 Å². The molecule has 0 unspecified atom stereocenters. The minimum atomic E-state index is -0.293. The summed E-state index contributed by atoms with van der Waals surface area (Å²) in [5, 5.41) is 6.10. The Morgan fingerprint density at radius 1 is 1.08 bits per heavy atom. The van der Waals surface area contributed by atoms with E-state index in [1.165, 1.54) is 18.9 Å². The number of aliphatic imine (C=N–C) groups is 1. The number of benzene rings is 3. The van der Waals surface area contributed by atoms with Crippen LogP contribution in [-0.2, 0) is 9.59 Å². The Balaban J connectivity index is 1.45. The van der Waals surface area contributed by atoms with Crippen LogP contribution in [0.5, 0.6) is 11.5 Å². The molecule has 0 bridgehead atoms. The molecule has 1 fully saturated rings. The molecule has 0 aliphatic carbocycles. The van der Waals surface area contributed by atoms with Gasteiger partial charge in [-0.2, -0.15) is 0 Å². The molecular weight excluding hydrogens is 542 g/mol. The lowest BCUT2D eigenvalue weighted by molar-refractivity contribution is -0.118. The number of carbonyl (C=O) groups is 2. The number of ether oxygens (including phenoxy) is 2. The average molecular weight is 566 g/mol. The summed E-state index contributed by atoms with van der Waals surface area (Å²) in [6, 6.07) is 18.8.